The molecular weight excluding hydrogens is 414 g/mol. The highest BCUT2D eigenvalue weighted by Crippen LogP contribution is 2.37. The number of alkyl halides is 6. The number of hydrogen-bond donors (Lipinski definition) is 0. The zero-order valence-electron chi connectivity index (χ0n) is 14.8. The molecule has 0 radical (unpaired) electrons. The van der Waals surface area contributed by atoms with E-state index in [0.29, 0.717) is 0 Å². The predicted molar refractivity (Wildman–Crippen MR) is 93.2 cm³/mol. The molecule has 10 heteroatoms. The van der Waals surface area contributed by atoms with Crippen LogP contribution in [-0.4, -0.2) is 17.7 Å². The van der Waals surface area contributed by atoms with E-state index in [9.17, 15) is 31.6 Å². The Bertz CT molecular complexity index is 1100. The Morgan fingerprint density at radius 2 is 1.17 bits per heavy atom. The topological polar surface area (TPSA) is 55.1 Å². The molecule has 0 fully saturated rings. The third kappa shape index (κ3) is 5.00. The SMILES string of the molecule is N#Cc1nc(-c2ccccc2OC(F)(F)F)ccc1-c1ccccc1OC(F)(F)F. The number of para-hydroxylation sites is 2. The minimum absolute atomic E-state index is 0.0234. The van der Waals surface area contributed by atoms with Crippen LogP contribution in [0, 0.1) is 11.3 Å². The standard InChI is InChI=1S/C20H10F6N2O2/c21-19(22,23)29-17-7-3-1-5-13(17)12-9-10-15(28-16(12)11-27)14-6-2-4-8-18(14)30-20(24,25)26/h1-10H. The fourth-order valence-corrected chi connectivity index (χ4v) is 2.71. The van der Waals surface area contributed by atoms with Crippen molar-refractivity contribution < 1.29 is 35.8 Å². The van der Waals surface area contributed by atoms with Crippen LogP contribution in [0.2, 0.25) is 0 Å². The summed E-state index contributed by atoms with van der Waals surface area (Å²) in [5.41, 5.74) is -0.393. The second kappa shape index (κ2) is 7.94. The number of aromatic nitrogens is 1. The van der Waals surface area contributed by atoms with Crippen molar-refractivity contribution in [2.75, 3.05) is 0 Å². The Morgan fingerprint density at radius 1 is 0.667 bits per heavy atom. The summed E-state index contributed by atoms with van der Waals surface area (Å²) in [6, 6.07) is 14.6. The highest BCUT2D eigenvalue weighted by Gasteiger charge is 2.33. The quantitative estimate of drug-likeness (QED) is 0.476. The molecule has 0 unspecified atom stereocenters. The molecule has 154 valence electrons. The van der Waals surface area contributed by atoms with Gasteiger partial charge >= 0.3 is 12.7 Å². The summed E-state index contributed by atoms with van der Waals surface area (Å²) >= 11 is 0. The Kier molecular flexibility index (Phi) is 5.56. The molecule has 0 N–H and O–H groups in total. The maximum Gasteiger partial charge on any atom is 0.573 e. The van der Waals surface area contributed by atoms with Crippen molar-refractivity contribution in [3.05, 3.63) is 66.4 Å². The van der Waals surface area contributed by atoms with Crippen LogP contribution in [0.4, 0.5) is 26.3 Å². The molecule has 2 aromatic carbocycles. The third-order valence-electron chi connectivity index (χ3n) is 3.79. The van der Waals surface area contributed by atoms with Gasteiger partial charge < -0.3 is 9.47 Å². The van der Waals surface area contributed by atoms with Gasteiger partial charge in [0.2, 0.25) is 0 Å². The van der Waals surface area contributed by atoms with E-state index in [1.54, 1.807) is 6.07 Å². The van der Waals surface area contributed by atoms with Gasteiger partial charge in [0.15, 0.2) is 0 Å². The molecule has 0 aliphatic carbocycles. The van der Waals surface area contributed by atoms with E-state index >= 15 is 0 Å². The molecule has 0 saturated carbocycles. The van der Waals surface area contributed by atoms with E-state index in [1.807, 2.05) is 0 Å². The second-order valence-corrected chi connectivity index (χ2v) is 5.79. The van der Waals surface area contributed by atoms with Crippen molar-refractivity contribution in [1.82, 2.24) is 4.98 Å². The number of benzene rings is 2. The van der Waals surface area contributed by atoms with Crippen molar-refractivity contribution in [1.29, 1.82) is 5.26 Å². The van der Waals surface area contributed by atoms with Gasteiger partial charge in [-0.15, -0.1) is 26.3 Å². The van der Waals surface area contributed by atoms with Gasteiger partial charge in [0.25, 0.3) is 0 Å². The maximum absolute atomic E-state index is 12.7. The average Bonchev–Trinajstić information content (AvgIpc) is 2.66. The van der Waals surface area contributed by atoms with Gasteiger partial charge in [-0.05, 0) is 30.3 Å². The van der Waals surface area contributed by atoms with E-state index in [0.717, 1.165) is 12.1 Å². The second-order valence-electron chi connectivity index (χ2n) is 5.79. The molecule has 0 amide bonds. The lowest BCUT2D eigenvalue weighted by Crippen LogP contribution is -2.18. The van der Waals surface area contributed by atoms with Crippen LogP contribution >= 0.6 is 0 Å². The predicted octanol–water partition coefficient (Wildman–Crippen LogP) is 6.08. The number of rotatable bonds is 4. The summed E-state index contributed by atoms with van der Waals surface area (Å²) in [4.78, 5) is 4.02. The summed E-state index contributed by atoms with van der Waals surface area (Å²) in [5.74, 6) is -1.08. The molecule has 1 heterocycles. The Balaban J connectivity index is 2.09. The van der Waals surface area contributed by atoms with Crippen LogP contribution in [0.15, 0.2) is 60.7 Å². The van der Waals surface area contributed by atoms with Gasteiger partial charge in [-0.3, -0.25) is 0 Å². The lowest BCUT2D eigenvalue weighted by Gasteiger charge is -2.15. The highest BCUT2D eigenvalue weighted by atomic mass is 19.4. The average molecular weight is 424 g/mol. The third-order valence-corrected chi connectivity index (χ3v) is 3.79. The molecule has 0 saturated heterocycles. The number of hydrogen-bond acceptors (Lipinski definition) is 4. The number of ether oxygens (including phenoxy) is 2. The first-order chi connectivity index (χ1) is 14.1. The van der Waals surface area contributed by atoms with Crippen molar-refractivity contribution in [3.63, 3.8) is 0 Å². The fraction of sp³-hybridized carbons (Fsp3) is 0.100. The minimum atomic E-state index is -4.95. The van der Waals surface area contributed by atoms with Crippen molar-refractivity contribution in [2.24, 2.45) is 0 Å². The van der Waals surface area contributed by atoms with Crippen LogP contribution < -0.4 is 9.47 Å². The summed E-state index contributed by atoms with van der Waals surface area (Å²) in [7, 11) is 0. The van der Waals surface area contributed by atoms with Crippen molar-refractivity contribution in [3.8, 4) is 40.0 Å². The van der Waals surface area contributed by atoms with Crippen LogP contribution in [0.1, 0.15) is 5.69 Å². The maximum atomic E-state index is 12.7. The van der Waals surface area contributed by atoms with Gasteiger partial charge in [0.1, 0.15) is 23.3 Å². The lowest BCUT2D eigenvalue weighted by atomic mass is 10.0. The minimum Gasteiger partial charge on any atom is -0.405 e. The fourth-order valence-electron chi connectivity index (χ4n) is 2.71. The summed E-state index contributed by atoms with van der Waals surface area (Å²) in [6.45, 7) is 0. The normalized spacial score (nSPS) is 11.6. The molecule has 0 aliphatic rings. The molecule has 0 aliphatic heterocycles. The largest absolute Gasteiger partial charge is 0.573 e. The van der Waals surface area contributed by atoms with Crippen molar-refractivity contribution >= 4 is 0 Å². The van der Waals surface area contributed by atoms with E-state index in [4.69, 9.17) is 0 Å². The molecule has 0 atom stereocenters. The van der Waals surface area contributed by atoms with Gasteiger partial charge in [-0.2, -0.15) is 5.26 Å². The summed E-state index contributed by atoms with van der Waals surface area (Å²) in [5, 5.41) is 9.44. The van der Waals surface area contributed by atoms with Gasteiger partial charge in [-0.1, -0.05) is 30.3 Å². The van der Waals surface area contributed by atoms with Crippen LogP contribution in [0.3, 0.4) is 0 Å². The first kappa shape index (κ1) is 21.0. The Hall–Kier alpha value is -3.74. The van der Waals surface area contributed by atoms with Gasteiger partial charge in [0, 0.05) is 16.7 Å². The van der Waals surface area contributed by atoms with Crippen LogP contribution in [0.25, 0.3) is 22.4 Å². The molecule has 0 spiro atoms. The van der Waals surface area contributed by atoms with Gasteiger partial charge in [0.05, 0.1) is 5.69 Å². The number of pyridine rings is 1. The zero-order chi connectivity index (χ0) is 21.9. The molecule has 30 heavy (non-hydrogen) atoms. The summed E-state index contributed by atoms with van der Waals surface area (Å²) < 4.78 is 83.9. The molecule has 0 bridgehead atoms. The first-order valence-electron chi connectivity index (χ1n) is 8.19. The Morgan fingerprint density at radius 3 is 1.70 bits per heavy atom. The first-order valence-corrected chi connectivity index (χ1v) is 8.19. The highest BCUT2D eigenvalue weighted by molar-refractivity contribution is 5.77. The monoisotopic (exact) mass is 424 g/mol. The van der Waals surface area contributed by atoms with Crippen LogP contribution in [-0.2, 0) is 0 Å². The van der Waals surface area contributed by atoms with E-state index in [-0.39, 0.29) is 28.1 Å². The van der Waals surface area contributed by atoms with Gasteiger partial charge in [-0.25, -0.2) is 4.98 Å². The Labute approximate surface area is 165 Å². The van der Waals surface area contributed by atoms with Crippen LogP contribution in [0.5, 0.6) is 11.5 Å². The van der Waals surface area contributed by atoms with E-state index < -0.39 is 24.2 Å². The molecular formula is C20H10F6N2O2. The number of nitrogens with zero attached hydrogens (tertiary/aromatic N) is 2. The number of nitriles is 1. The molecule has 4 nitrogen and oxygen atoms in total. The summed E-state index contributed by atoms with van der Waals surface area (Å²) in [6.07, 6.45) is -9.90. The van der Waals surface area contributed by atoms with E-state index in [2.05, 4.69) is 14.5 Å². The molecule has 3 rings (SSSR count). The zero-order valence-corrected chi connectivity index (χ0v) is 14.8. The molecule has 1 aromatic heterocycles. The lowest BCUT2D eigenvalue weighted by molar-refractivity contribution is -0.275. The number of halogens is 6. The smallest absolute Gasteiger partial charge is 0.405 e. The molecule has 3 aromatic rings. The van der Waals surface area contributed by atoms with E-state index in [1.165, 1.54) is 48.5 Å². The van der Waals surface area contributed by atoms with Crippen molar-refractivity contribution in [2.45, 2.75) is 12.7 Å².